The highest BCUT2D eigenvalue weighted by Crippen LogP contribution is 2.20. The predicted molar refractivity (Wildman–Crippen MR) is 78.3 cm³/mol. The van der Waals surface area contributed by atoms with Gasteiger partial charge in [-0.25, -0.2) is 0 Å². The van der Waals surface area contributed by atoms with Crippen LogP contribution in [0, 0.1) is 0 Å². The van der Waals surface area contributed by atoms with Crippen LogP contribution in [0.4, 0.5) is 0 Å². The Hall–Kier alpha value is -1.19. The molecule has 2 aromatic rings. The topological polar surface area (TPSA) is 24.9 Å². The number of nitrogens with zero attached hydrogens (tertiary/aromatic N) is 1. The lowest BCUT2D eigenvalue weighted by Crippen LogP contribution is -2.22. The van der Waals surface area contributed by atoms with Crippen LogP contribution in [0.1, 0.15) is 37.1 Å². The first kappa shape index (κ1) is 13.2. The number of aromatic nitrogens is 1. The van der Waals surface area contributed by atoms with Crippen molar-refractivity contribution in [1.29, 1.82) is 0 Å². The fourth-order valence-electron chi connectivity index (χ4n) is 1.95. The molecule has 94 valence electrons. The SMILES string of the molecule is C[C@H](N[C@H](C)c1ccc(Br)cc1)c1cccnc1. The van der Waals surface area contributed by atoms with Gasteiger partial charge in [0.05, 0.1) is 0 Å². The minimum atomic E-state index is 0.289. The average Bonchev–Trinajstić information content (AvgIpc) is 2.40. The molecule has 1 heterocycles. The van der Waals surface area contributed by atoms with Crippen molar-refractivity contribution < 1.29 is 0 Å². The van der Waals surface area contributed by atoms with Crippen LogP contribution >= 0.6 is 15.9 Å². The van der Waals surface area contributed by atoms with Crippen LogP contribution in [0.25, 0.3) is 0 Å². The maximum Gasteiger partial charge on any atom is 0.0315 e. The third-order valence-corrected chi connectivity index (χ3v) is 3.58. The molecular weight excluding hydrogens is 288 g/mol. The number of pyridine rings is 1. The summed E-state index contributed by atoms with van der Waals surface area (Å²) >= 11 is 3.45. The Balaban J connectivity index is 2.03. The van der Waals surface area contributed by atoms with Crippen LogP contribution in [0.5, 0.6) is 0 Å². The van der Waals surface area contributed by atoms with Gasteiger partial charge in [-0.3, -0.25) is 4.98 Å². The molecule has 0 spiro atoms. The van der Waals surface area contributed by atoms with E-state index < -0.39 is 0 Å². The lowest BCUT2D eigenvalue weighted by atomic mass is 10.1. The Morgan fingerprint density at radius 3 is 2.28 bits per heavy atom. The minimum Gasteiger partial charge on any atom is -0.304 e. The molecule has 3 heteroatoms. The molecule has 1 aromatic carbocycles. The lowest BCUT2D eigenvalue weighted by Gasteiger charge is -2.20. The molecule has 1 N–H and O–H groups in total. The normalized spacial score (nSPS) is 14.2. The van der Waals surface area contributed by atoms with E-state index >= 15 is 0 Å². The van der Waals surface area contributed by atoms with E-state index in [2.05, 4.69) is 70.4 Å². The number of rotatable bonds is 4. The second-order valence-electron chi connectivity index (χ2n) is 4.45. The van der Waals surface area contributed by atoms with Gasteiger partial charge < -0.3 is 5.32 Å². The van der Waals surface area contributed by atoms with E-state index in [1.165, 1.54) is 11.1 Å². The molecule has 2 nitrogen and oxygen atoms in total. The van der Waals surface area contributed by atoms with Gasteiger partial charge in [-0.2, -0.15) is 0 Å². The summed E-state index contributed by atoms with van der Waals surface area (Å²) in [7, 11) is 0. The van der Waals surface area contributed by atoms with Crippen molar-refractivity contribution in [1.82, 2.24) is 10.3 Å². The summed E-state index contributed by atoms with van der Waals surface area (Å²) in [5, 5.41) is 3.58. The van der Waals surface area contributed by atoms with Gasteiger partial charge in [0, 0.05) is 29.0 Å². The highest BCUT2D eigenvalue weighted by Gasteiger charge is 2.10. The second-order valence-corrected chi connectivity index (χ2v) is 5.36. The number of hydrogen-bond acceptors (Lipinski definition) is 2. The van der Waals surface area contributed by atoms with Crippen LogP contribution in [0.2, 0.25) is 0 Å². The zero-order valence-corrected chi connectivity index (χ0v) is 12.2. The number of halogens is 1. The highest BCUT2D eigenvalue weighted by atomic mass is 79.9. The van der Waals surface area contributed by atoms with Crippen LogP contribution in [-0.4, -0.2) is 4.98 Å². The van der Waals surface area contributed by atoms with Crippen molar-refractivity contribution in [2.45, 2.75) is 25.9 Å². The van der Waals surface area contributed by atoms with Crippen LogP contribution in [0.3, 0.4) is 0 Å². The van der Waals surface area contributed by atoms with E-state index in [1.54, 1.807) is 6.20 Å². The summed E-state index contributed by atoms with van der Waals surface area (Å²) in [6.45, 7) is 4.34. The van der Waals surface area contributed by atoms with Crippen LogP contribution < -0.4 is 5.32 Å². The second kappa shape index (κ2) is 6.12. The molecule has 0 radical (unpaired) electrons. The van der Waals surface area contributed by atoms with Gasteiger partial charge >= 0.3 is 0 Å². The van der Waals surface area contributed by atoms with Crippen molar-refractivity contribution in [3.8, 4) is 0 Å². The molecule has 0 bridgehead atoms. The van der Waals surface area contributed by atoms with Gasteiger partial charge in [-0.15, -0.1) is 0 Å². The number of benzene rings is 1. The molecule has 0 saturated carbocycles. The van der Waals surface area contributed by atoms with E-state index in [-0.39, 0.29) is 6.04 Å². The molecule has 0 fully saturated rings. The van der Waals surface area contributed by atoms with E-state index in [9.17, 15) is 0 Å². The van der Waals surface area contributed by atoms with Crippen molar-refractivity contribution in [2.75, 3.05) is 0 Å². The molecule has 0 aliphatic carbocycles. The molecular formula is C15H17BrN2. The fraction of sp³-hybridized carbons (Fsp3) is 0.267. The Kier molecular flexibility index (Phi) is 4.50. The van der Waals surface area contributed by atoms with E-state index in [4.69, 9.17) is 0 Å². The molecule has 0 unspecified atom stereocenters. The molecule has 0 aliphatic heterocycles. The first-order chi connectivity index (χ1) is 8.66. The summed E-state index contributed by atoms with van der Waals surface area (Å²) in [4.78, 5) is 4.15. The van der Waals surface area contributed by atoms with Crippen LogP contribution in [-0.2, 0) is 0 Å². The zero-order valence-electron chi connectivity index (χ0n) is 10.6. The standard InChI is InChI=1S/C15H17BrN2/c1-11(13-5-7-15(16)8-6-13)18-12(2)14-4-3-9-17-10-14/h3-12,18H,1-2H3/t11-,12+/m1/s1. The first-order valence-electron chi connectivity index (χ1n) is 6.08. The van der Waals surface area contributed by atoms with E-state index in [0.29, 0.717) is 6.04 Å². The monoisotopic (exact) mass is 304 g/mol. The van der Waals surface area contributed by atoms with Gasteiger partial charge in [-0.05, 0) is 43.2 Å². The predicted octanol–water partition coefficient (Wildman–Crippen LogP) is 4.26. The molecule has 18 heavy (non-hydrogen) atoms. The smallest absolute Gasteiger partial charge is 0.0315 e. The summed E-state index contributed by atoms with van der Waals surface area (Å²) in [6, 6.07) is 13.1. The molecule has 0 amide bonds. The lowest BCUT2D eigenvalue weighted by molar-refractivity contribution is 0.493. The Morgan fingerprint density at radius 1 is 1.00 bits per heavy atom. The van der Waals surface area contributed by atoms with Crippen molar-refractivity contribution in [3.63, 3.8) is 0 Å². The van der Waals surface area contributed by atoms with Crippen molar-refractivity contribution >= 4 is 15.9 Å². The van der Waals surface area contributed by atoms with Crippen molar-refractivity contribution in [2.24, 2.45) is 0 Å². The van der Waals surface area contributed by atoms with E-state index in [0.717, 1.165) is 4.47 Å². The summed E-state index contributed by atoms with van der Waals surface area (Å²) < 4.78 is 1.11. The zero-order chi connectivity index (χ0) is 13.0. The van der Waals surface area contributed by atoms with Gasteiger partial charge in [0.25, 0.3) is 0 Å². The molecule has 2 atom stereocenters. The first-order valence-corrected chi connectivity index (χ1v) is 6.87. The Bertz CT molecular complexity index is 482. The molecule has 2 rings (SSSR count). The summed E-state index contributed by atoms with van der Waals surface area (Å²) in [5.41, 5.74) is 2.50. The largest absolute Gasteiger partial charge is 0.304 e. The van der Waals surface area contributed by atoms with E-state index in [1.807, 2.05) is 12.3 Å². The van der Waals surface area contributed by atoms with Gasteiger partial charge in [0.2, 0.25) is 0 Å². The summed E-state index contributed by atoms with van der Waals surface area (Å²) in [5.74, 6) is 0. The maximum atomic E-state index is 4.15. The van der Waals surface area contributed by atoms with Gasteiger partial charge in [0.1, 0.15) is 0 Å². The quantitative estimate of drug-likeness (QED) is 0.913. The summed E-state index contributed by atoms with van der Waals surface area (Å²) in [6.07, 6.45) is 3.71. The van der Waals surface area contributed by atoms with Crippen LogP contribution in [0.15, 0.2) is 53.3 Å². The molecule has 1 aromatic heterocycles. The number of hydrogen-bond donors (Lipinski definition) is 1. The minimum absolute atomic E-state index is 0.289. The fourth-order valence-corrected chi connectivity index (χ4v) is 2.22. The molecule has 0 aliphatic rings. The van der Waals surface area contributed by atoms with Crippen molar-refractivity contribution in [3.05, 3.63) is 64.4 Å². The number of nitrogens with one attached hydrogen (secondary N) is 1. The Labute approximate surface area is 117 Å². The average molecular weight is 305 g/mol. The Morgan fingerprint density at radius 2 is 1.67 bits per heavy atom. The maximum absolute atomic E-state index is 4.15. The van der Waals surface area contributed by atoms with Gasteiger partial charge in [-0.1, -0.05) is 34.1 Å². The third kappa shape index (κ3) is 3.40. The third-order valence-electron chi connectivity index (χ3n) is 3.05. The highest BCUT2D eigenvalue weighted by molar-refractivity contribution is 9.10. The van der Waals surface area contributed by atoms with Gasteiger partial charge in [0.15, 0.2) is 0 Å². The molecule has 0 saturated heterocycles.